The SMILES string of the molecule is Cc1ccc(C2CC2C(=O)Nc2cc3cc(C4CCN(C5(C)COCC5O)CC4)c(Cl)cc3cn2)s1. The Labute approximate surface area is 220 Å². The molecule has 0 radical (unpaired) electrons. The molecule has 4 heterocycles. The number of benzene rings is 1. The number of carbonyl (C=O) groups is 1. The third kappa shape index (κ3) is 4.45. The van der Waals surface area contributed by atoms with Crippen LogP contribution in [0.2, 0.25) is 5.02 Å². The molecule has 3 aliphatic rings. The first-order valence-corrected chi connectivity index (χ1v) is 14.0. The van der Waals surface area contributed by atoms with E-state index >= 15 is 0 Å². The molecule has 1 aliphatic carbocycles. The number of amides is 1. The Bertz CT molecular complexity index is 1300. The summed E-state index contributed by atoms with van der Waals surface area (Å²) in [6, 6.07) is 10.4. The molecule has 2 N–H and O–H groups in total. The maximum atomic E-state index is 12.9. The lowest BCUT2D eigenvalue weighted by molar-refractivity contribution is -0.117. The zero-order valence-corrected chi connectivity index (χ0v) is 22.2. The molecule has 6 rings (SSSR count). The number of likely N-dealkylation sites (tertiary alicyclic amines) is 1. The van der Waals surface area contributed by atoms with Gasteiger partial charge in [-0.05, 0) is 93.4 Å². The zero-order chi connectivity index (χ0) is 25.0. The number of halogens is 1. The lowest BCUT2D eigenvalue weighted by Crippen LogP contribution is -2.56. The number of aromatic nitrogens is 1. The van der Waals surface area contributed by atoms with Crippen LogP contribution < -0.4 is 5.32 Å². The van der Waals surface area contributed by atoms with Gasteiger partial charge >= 0.3 is 0 Å². The van der Waals surface area contributed by atoms with Crippen LogP contribution in [0.15, 0.2) is 36.5 Å². The molecule has 2 aliphatic heterocycles. The van der Waals surface area contributed by atoms with E-state index in [0.29, 0.717) is 30.9 Å². The summed E-state index contributed by atoms with van der Waals surface area (Å²) < 4.78 is 5.54. The summed E-state index contributed by atoms with van der Waals surface area (Å²) in [6.07, 6.45) is 4.21. The van der Waals surface area contributed by atoms with E-state index in [1.165, 1.54) is 9.75 Å². The fourth-order valence-electron chi connectivity index (χ4n) is 5.89. The van der Waals surface area contributed by atoms with Crippen molar-refractivity contribution < 1.29 is 14.6 Å². The van der Waals surface area contributed by atoms with Crippen LogP contribution in [0.25, 0.3) is 10.8 Å². The quantitative estimate of drug-likeness (QED) is 0.471. The van der Waals surface area contributed by atoms with E-state index in [2.05, 4.69) is 47.2 Å². The number of fused-ring (bicyclic) bond motifs is 1. The van der Waals surface area contributed by atoms with Crippen LogP contribution in [0.4, 0.5) is 5.82 Å². The van der Waals surface area contributed by atoms with E-state index in [1.54, 1.807) is 17.5 Å². The summed E-state index contributed by atoms with van der Waals surface area (Å²) >= 11 is 8.51. The third-order valence-corrected chi connectivity index (χ3v) is 9.85. The van der Waals surface area contributed by atoms with E-state index in [-0.39, 0.29) is 17.4 Å². The van der Waals surface area contributed by atoms with Crippen molar-refractivity contribution in [3.8, 4) is 0 Å². The molecule has 190 valence electrons. The fourth-order valence-corrected chi connectivity index (χ4v) is 7.27. The van der Waals surface area contributed by atoms with Gasteiger partial charge in [-0.15, -0.1) is 11.3 Å². The molecule has 1 amide bonds. The fraction of sp³-hybridized carbons (Fsp3) is 0.500. The van der Waals surface area contributed by atoms with Gasteiger partial charge in [0.25, 0.3) is 0 Å². The van der Waals surface area contributed by atoms with Crippen LogP contribution in [0.5, 0.6) is 0 Å². The predicted octanol–water partition coefficient (Wildman–Crippen LogP) is 5.33. The van der Waals surface area contributed by atoms with E-state index in [9.17, 15) is 9.90 Å². The number of pyridine rings is 1. The van der Waals surface area contributed by atoms with Crippen LogP contribution in [0.3, 0.4) is 0 Å². The molecular weight excluding hydrogens is 494 g/mol. The van der Waals surface area contributed by atoms with Crippen molar-refractivity contribution in [1.29, 1.82) is 0 Å². The molecule has 4 atom stereocenters. The number of aliphatic hydroxyl groups excluding tert-OH is 1. The highest BCUT2D eigenvalue weighted by atomic mass is 35.5. The molecule has 8 heteroatoms. The van der Waals surface area contributed by atoms with Gasteiger partial charge in [-0.3, -0.25) is 9.69 Å². The van der Waals surface area contributed by atoms with Crippen LogP contribution in [0, 0.1) is 12.8 Å². The minimum absolute atomic E-state index is 0.0251. The highest BCUT2D eigenvalue weighted by molar-refractivity contribution is 7.12. The summed E-state index contributed by atoms with van der Waals surface area (Å²) in [5.74, 6) is 1.35. The Morgan fingerprint density at radius 2 is 2.06 bits per heavy atom. The Hall–Kier alpha value is -2.03. The van der Waals surface area contributed by atoms with Crippen molar-refractivity contribution in [2.45, 2.75) is 56.6 Å². The molecule has 0 bridgehead atoms. The predicted molar refractivity (Wildman–Crippen MR) is 144 cm³/mol. The summed E-state index contributed by atoms with van der Waals surface area (Å²) in [4.78, 5) is 22.3. The largest absolute Gasteiger partial charge is 0.389 e. The molecule has 4 unspecified atom stereocenters. The number of aliphatic hydroxyl groups is 1. The highest BCUT2D eigenvalue weighted by Gasteiger charge is 2.46. The van der Waals surface area contributed by atoms with E-state index in [1.807, 2.05) is 12.1 Å². The first-order valence-electron chi connectivity index (χ1n) is 12.8. The third-order valence-electron chi connectivity index (χ3n) is 8.39. The molecule has 6 nitrogen and oxygen atoms in total. The van der Waals surface area contributed by atoms with Crippen LogP contribution >= 0.6 is 22.9 Å². The van der Waals surface area contributed by atoms with Crippen LogP contribution in [-0.4, -0.2) is 58.8 Å². The molecule has 3 fully saturated rings. The van der Waals surface area contributed by atoms with Gasteiger partial charge in [0.2, 0.25) is 5.91 Å². The van der Waals surface area contributed by atoms with Crippen LogP contribution in [0.1, 0.15) is 53.3 Å². The first kappa shape index (κ1) is 24.3. The molecule has 36 heavy (non-hydrogen) atoms. The van der Waals surface area contributed by atoms with Crippen molar-refractivity contribution in [2.24, 2.45) is 5.92 Å². The van der Waals surface area contributed by atoms with Gasteiger partial charge in [-0.2, -0.15) is 0 Å². The minimum atomic E-state index is -0.445. The van der Waals surface area contributed by atoms with Crippen molar-refractivity contribution in [1.82, 2.24) is 9.88 Å². The Balaban J connectivity index is 1.15. The van der Waals surface area contributed by atoms with Gasteiger partial charge < -0.3 is 15.2 Å². The van der Waals surface area contributed by atoms with Gasteiger partial charge in [0.15, 0.2) is 0 Å². The molecule has 2 saturated heterocycles. The van der Waals surface area contributed by atoms with Crippen molar-refractivity contribution in [2.75, 3.05) is 31.6 Å². The Morgan fingerprint density at radius 1 is 1.25 bits per heavy atom. The van der Waals surface area contributed by atoms with Crippen LogP contribution in [-0.2, 0) is 9.53 Å². The van der Waals surface area contributed by atoms with E-state index in [0.717, 1.165) is 53.7 Å². The molecule has 1 saturated carbocycles. The number of hydrogen-bond donors (Lipinski definition) is 2. The molecule has 2 aromatic heterocycles. The number of rotatable bonds is 5. The maximum Gasteiger partial charge on any atom is 0.229 e. The molecular formula is C28H32ClN3O3S. The summed E-state index contributed by atoms with van der Waals surface area (Å²) in [7, 11) is 0. The second-order valence-corrected chi connectivity index (χ2v) is 12.6. The zero-order valence-electron chi connectivity index (χ0n) is 20.7. The second-order valence-electron chi connectivity index (χ2n) is 10.8. The lowest BCUT2D eigenvalue weighted by atomic mass is 9.85. The number of ether oxygens (including phenoxy) is 1. The number of piperidine rings is 1. The summed E-state index contributed by atoms with van der Waals surface area (Å²) in [5, 5.41) is 16.2. The topological polar surface area (TPSA) is 74.7 Å². The lowest BCUT2D eigenvalue weighted by Gasteiger charge is -2.43. The second kappa shape index (κ2) is 9.37. The first-order chi connectivity index (χ1) is 17.3. The Kier molecular flexibility index (Phi) is 6.33. The summed E-state index contributed by atoms with van der Waals surface area (Å²) in [6.45, 7) is 6.99. The highest BCUT2D eigenvalue weighted by Crippen LogP contribution is 2.50. The standard InChI is InChI=1S/C28H32ClN3O3S/c1-16-3-4-24(36-16)21-12-22(21)27(34)31-26-11-18-9-20(23(29)10-19(18)13-30-26)17-5-7-32(8-6-17)28(2)15-35-14-25(28)33/h3-4,9-11,13,17,21-22,25,33H,5-8,12,14-15H2,1-2H3,(H,30,31,34). The van der Waals surface area contributed by atoms with E-state index in [4.69, 9.17) is 16.3 Å². The average molecular weight is 526 g/mol. The van der Waals surface area contributed by atoms with Gasteiger partial charge in [0.05, 0.1) is 24.9 Å². The van der Waals surface area contributed by atoms with Crippen molar-refractivity contribution >= 4 is 45.4 Å². The number of aryl methyl sites for hydroxylation is 1. The molecule has 1 aromatic carbocycles. The number of carbonyl (C=O) groups excluding carboxylic acids is 1. The average Bonchev–Trinajstić information content (AvgIpc) is 3.44. The normalized spacial score (nSPS) is 29.1. The van der Waals surface area contributed by atoms with Gasteiger partial charge in [0, 0.05) is 38.2 Å². The smallest absolute Gasteiger partial charge is 0.229 e. The summed E-state index contributed by atoms with van der Waals surface area (Å²) in [5.41, 5.74) is 0.843. The number of nitrogens with zero attached hydrogens (tertiary/aromatic N) is 2. The number of thiophene rings is 1. The Morgan fingerprint density at radius 3 is 2.75 bits per heavy atom. The van der Waals surface area contributed by atoms with Gasteiger partial charge in [0.1, 0.15) is 5.82 Å². The van der Waals surface area contributed by atoms with E-state index < -0.39 is 6.10 Å². The van der Waals surface area contributed by atoms with Crippen molar-refractivity contribution in [3.05, 3.63) is 56.9 Å². The van der Waals surface area contributed by atoms with Gasteiger partial charge in [-0.1, -0.05) is 11.6 Å². The monoisotopic (exact) mass is 525 g/mol. The number of nitrogens with one attached hydrogen (secondary N) is 1. The molecule has 0 spiro atoms. The molecule has 3 aromatic rings. The van der Waals surface area contributed by atoms with Gasteiger partial charge in [-0.25, -0.2) is 4.98 Å². The minimum Gasteiger partial charge on any atom is -0.389 e. The van der Waals surface area contributed by atoms with Crippen molar-refractivity contribution in [3.63, 3.8) is 0 Å². The maximum absolute atomic E-state index is 12.9. The number of anilines is 1. The number of hydrogen-bond acceptors (Lipinski definition) is 6.